The van der Waals surface area contributed by atoms with Gasteiger partial charge >= 0.3 is 0 Å². The molecule has 1 unspecified atom stereocenters. The molecule has 1 aromatic rings. The predicted octanol–water partition coefficient (Wildman–Crippen LogP) is 2.49. The lowest BCUT2D eigenvalue weighted by molar-refractivity contribution is 0.125. The molecule has 16 heavy (non-hydrogen) atoms. The Kier molecular flexibility index (Phi) is 5.12. The molecule has 0 saturated heterocycles. The number of ether oxygens (including phenoxy) is 1. The summed E-state index contributed by atoms with van der Waals surface area (Å²) in [5, 5.41) is 18.7. The number of phenols is 1. The van der Waals surface area contributed by atoms with E-state index in [1.54, 1.807) is 13.0 Å². The predicted molar refractivity (Wildman–Crippen MR) is 63.9 cm³/mol. The molecular formula is C13H20O3. The number of aliphatic hydroxyl groups is 1. The van der Waals surface area contributed by atoms with Gasteiger partial charge in [0, 0.05) is 0 Å². The van der Waals surface area contributed by atoms with Crippen LogP contribution in [0.5, 0.6) is 11.5 Å². The van der Waals surface area contributed by atoms with E-state index in [2.05, 4.69) is 6.92 Å². The highest BCUT2D eigenvalue weighted by Crippen LogP contribution is 2.31. The van der Waals surface area contributed by atoms with Gasteiger partial charge in [-0.25, -0.2) is 0 Å². The minimum Gasteiger partial charge on any atom is -0.504 e. The summed E-state index contributed by atoms with van der Waals surface area (Å²) in [5.74, 6) is 0.659. The molecule has 3 nitrogen and oxygen atoms in total. The standard InChI is InChI=1S/C13H20O3/c1-3-4-6-11-7-5-8-12(15)13(11)16-10(2)9-14/h5,7-8,10,14-15H,3-4,6,9H2,1-2H3. The summed E-state index contributed by atoms with van der Waals surface area (Å²) in [6, 6.07) is 5.38. The zero-order chi connectivity index (χ0) is 12.0. The second-order valence-electron chi connectivity index (χ2n) is 3.98. The van der Waals surface area contributed by atoms with E-state index in [9.17, 15) is 5.11 Å². The van der Waals surface area contributed by atoms with Crippen molar-refractivity contribution in [3.8, 4) is 11.5 Å². The Labute approximate surface area is 96.7 Å². The van der Waals surface area contributed by atoms with Crippen molar-refractivity contribution < 1.29 is 14.9 Å². The first-order valence-electron chi connectivity index (χ1n) is 5.77. The van der Waals surface area contributed by atoms with E-state index in [1.807, 2.05) is 12.1 Å². The van der Waals surface area contributed by atoms with Crippen LogP contribution in [-0.2, 0) is 6.42 Å². The molecule has 3 heteroatoms. The minimum atomic E-state index is -0.298. The Bertz CT molecular complexity index is 323. The molecule has 0 aliphatic rings. The van der Waals surface area contributed by atoms with E-state index in [1.165, 1.54) is 0 Å². The number of benzene rings is 1. The first-order valence-corrected chi connectivity index (χ1v) is 5.77. The fourth-order valence-electron chi connectivity index (χ4n) is 1.51. The number of hydrogen-bond acceptors (Lipinski definition) is 3. The maximum atomic E-state index is 9.73. The normalized spacial score (nSPS) is 12.4. The van der Waals surface area contributed by atoms with Crippen LogP contribution < -0.4 is 4.74 Å². The van der Waals surface area contributed by atoms with Gasteiger partial charge in [-0.05, 0) is 31.4 Å². The van der Waals surface area contributed by atoms with Crippen molar-refractivity contribution in [2.24, 2.45) is 0 Å². The summed E-state index contributed by atoms with van der Waals surface area (Å²) in [7, 11) is 0. The number of aromatic hydroxyl groups is 1. The molecule has 0 aliphatic carbocycles. The summed E-state index contributed by atoms with van der Waals surface area (Å²) in [6.07, 6.45) is 2.75. The van der Waals surface area contributed by atoms with Gasteiger partial charge in [-0.1, -0.05) is 25.5 Å². The van der Waals surface area contributed by atoms with E-state index in [-0.39, 0.29) is 18.5 Å². The van der Waals surface area contributed by atoms with Gasteiger partial charge in [0.2, 0.25) is 0 Å². The maximum Gasteiger partial charge on any atom is 0.164 e. The fraction of sp³-hybridized carbons (Fsp3) is 0.538. The van der Waals surface area contributed by atoms with Crippen LogP contribution in [0.1, 0.15) is 32.3 Å². The topological polar surface area (TPSA) is 49.7 Å². The lowest BCUT2D eigenvalue weighted by atomic mass is 10.1. The lowest BCUT2D eigenvalue weighted by Gasteiger charge is -2.16. The Hall–Kier alpha value is -1.22. The minimum absolute atomic E-state index is 0.0540. The van der Waals surface area contributed by atoms with Crippen LogP contribution in [0.4, 0.5) is 0 Å². The van der Waals surface area contributed by atoms with Crippen molar-refractivity contribution in [3.05, 3.63) is 23.8 Å². The molecule has 0 aliphatic heterocycles. The van der Waals surface area contributed by atoms with Crippen molar-refractivity contribution in [1.29, 1.82) is 0 Å². The number of aliphatic hydroxyl groups excluding tert-OH is 1. The Morgan fingerprint density at radius 2 is 2.12 bits per heavy atom. The quantitative estimate of drug-likeness (QED) is 0.780. The van der Waals surface area contributed by atoms with Gasteiger partial charge in [0.15, 0.2) is 11.5 Å². The summed E-state index contributed by atoms with van der Waals surface area (Å²) in [5.41, 5.74) is 1.00. The van der Waals surface area contributed by atoms with Gasteiger partial charge in [-0.2, -0.15) is 0 Å². The molecule has 2 N–H and O–H groups in total. The van der Waals surface area contributed by atoms with Crippen molar-refractivity contribution in [2.45, 2.75) is 39.2 Å². The third kappa shape index (κ3) is 3.42. The van der Waals surface area contributed by atoms with Crippen molar-refractivity contribution >= 4 is 0 Å². The molecule has 1 atom stereocenters. The highest BCUT2D eigenvalue weighted by atomic mass is 16.5. The second-order valence-corrected chi connectivity index (χ2v) is 3.98. The zero-order valence-corrected chi connectivity index (χ0v) is 9.94. The SMILES string of the molecule is CCCCc1cccc(O)c1OC(C)CO. The third-order valence-electron chi connectivity index (χ3n) is 2.45. The molecule has 0 radical (unpaired) electrons. The van der Waals surface area contributed by atoms with E-state index in [0.29, 0.717) is 5.75 Å². The van der Waals surface area contributed by atoms with Crippen LogP contribution in [0.15, 0.2) is 18.2 Å². The van der Waals surface area contributed by atoms with E-state index in [4.69, 9.17) is 9.84 Å². The summed E-state index contributed by atoms with van der Waals surface area (Å²) < 4.78 is 5.52. The van der Waals surface area contributed by atoms with Crippen molar-refractivity contribution in [2.75, 3.05) is 6.61 Å². The van der Waals surface area contributed by atoms with Gasteiger partial charge < -0.3 is 14.9 Å². The lowest BCUT2D eigenvalue weighted by Crippen LogP contribution is -2.17. The second kappa shape index (κ2) is 6.38. The maximum absolute atomic E-state index is 9.73. The van der Waals surface area contributed by atoms with Gasteiger partial charge in [0.05, 0.1) is 6.61 Å². The van der Waals surface area contributed by atoms with E-state index >= 15 is 0 Å². The monoisotopic (exact) mass is 224 g/mol. The first kappa shape index (κ1) is 12.8. The van der Waals surface area contributed by atoms with Gasteiger partial charge in [-0.15, -0.1) is 0 Å². The van der Waals surface area contributed by atoms with Gasteiger partial charge in [-0.3, -0.25) is 0 Å². The molecule has 0 saturated carbocycles. The molecule has 0 spiro atoms. The van der Waals surface area contributed by atoms with Crippen LogP contribution in [0.25, 0.3) is 0 Å². The number of unbranched alkanes of at least 4 members (excludes halogenated alkanes) is 1. The number of aryl methyl sites for hydroxylation is 1. The fourth-order valence-corrected chi connectivity index (χ4v) is 1.51. The molecule has 0 heterocycles. The van der Waals surface area contributed by atoms with Crippen LogP contribution >= 0.6 is 0 Å². The van der Waals surface area contributed by atoms with Crippen molar-refractivity contribution in [1.82, 2.24) is 0 Å². The van der Waals surface area contributed by atoms with Crippen LogP contribution in [-0.4, -0.2) is 22.9 Å². The number of rotatable bonds is 6. The number of phenolic OH excluding ortho intramolecular Hbond substituents is 1. The summed E-state index contributed by atoms with van der Waals surface area (Å²) >= 11 is 0. The smallest absolute Gasteiger partial charge is 0.164 e. The molecule has 0 aromatic heterocycles. The highest BCUT2D eigenvalue weighted by molar-refractivity contribution is 5.45. The number of hydrogen-bond donors (Lipinski definition) is 2. The molecule has 1 rings (SSSR count). The average molecular weight is 224 g/mol. The summed E-state index contributed by atoms with van der Waals surface area (Å²) in [6.45, 7) is 3.84. The average Bonchev–Trinajstić information content (AvgIpc) is 2.29. The van der Waals surface area contributed by atoms with E-state index in [0.717, 1.165) is 24.8 Å². The van der Waals surface area contributed by atoms with Crippen LogP contribution in [0, 0.1) is 0 Å². The zero-order valence-electron chi connectivity index (χ0n) is 9.94. The van der Waals surface area contributed by atoms with Gasteiger partial charge in [0.25, 0.3) is 0 Å². The van der Waals surface area contributed by atoms with Crippen LogP contribution in [0.3, 0.4) is 0 Å². The molecule has 0 amide bonds. The van der Waals surface area contributed by atoms with Gasteiger partial charge in [0.1, 0.15) is 6.10 Å². The van der Waals surface area contributed by atoms with Crippen molar-refractivity contribution in [3.63, 3.8) is 0 Å². The van der Waals surface area contributed by atoms with Crippen LogP contribution in [0.2, 0.25) is 0 Å². The highest BCUT2D eigenvalue weighted by Gasteiger charge is 2.11. The molecular weight excluding hydrogens is 204 g/mol. The Balaban J connectivity index is 2.85. The first-order chi connectivity index (χ1) is 7.69. The summed E-state index contributed by atoms with van der Waals surface area (Å²) in [4.78, 5) is 0. The van der Waals surface area contributed by atoms with E-state index < -0.39 is 0 Å². The number of para-hydroxylation sites is 1. The molecule has 0 fully saturated rings. The largest absolute Gasteiger partial charge is 0.504 e. The third-order valence-corrected chi connectivity index (χ3v) is 2.45. The molecule has 90 valence electrons. The Morgan fingerprint density at radius 3 is 2.75 bits per heavy atom. The Morgan fingerprint density at radius 1 is 1.38 bits per heavy atom. The molecule has 0 bridgehead atoms. The molecule has 1 aromatic carbocycles.